The van der Waals surface area contributed by atoms with E-state index in [0.717, 1.165) is 30.5 Å². The van der Waals surface area contributed by atoms with Gasteiger partial charge in [-0.1, -0.05) is 45.0 Å². The fraction of sp³-hybridized carbons (Fsp3) is 0.464. The Kier molecular flexibility index (Phi) is 6.52. The van der Waals surface area contributed by atoms with Gasteiger partial charge in [-0.15, -0.1) is 0 Å². The number of aliphatic imine (C=N–C) groups is 1. The lowest BCUT2D eigenvalue weighted by molar-refractivity contribution is -0.137. The first kappa shape index (κ1) is 25.9. The second-order valence-corrected chi connectivity index (χ2v) is 10.9. The largest absolute Gasteiger partial charge is 0.478 e. The van der Waals surface area contributed by atoms with E-state index in [0.29, 0.717) is 24.3 Å². The van der Waals surface area contributed by atoms with Crippen molar-refractivity contribution in [1.29, 1.82) is 0 Å². The predicted molar refractivity (Wildman–Crippen MR) is 131 cm³/mol. The predicted octanol–water partition coefficient (Wildman–Crippen LogP) is 6.73. The van der Waals surface area contributed by atoms with Gasteiger partial charge in [0.15, 0.2) is 0 Å². The van der Waals surface area contributed by atoms with Crippen LogP contribution in [0.2, 0.25) is 0 Å². The third-order valence-corrected chi connectivity index (χ3v) is 7.71. The van der Waals surface area contributed by atoms with Crippen LogP contribution in [0.15, 0.2) is 53.5 Å². The maximum atomic E-state index is 13.8. The average molecular weight is 501 g/mol. The molecule has 1 saturated carbocycles. The SMILES string of the molecule is CC(c1ccc(C(=O)O)cc1)N1C(=O)C(c2ccc(C(F)(F)F)cc2)=NC12CCC(C(C)(C)C)CC2. The smallest absolute Gasteiger partial charge is 0.416 e. The molecule has 1 N–H and O–H groups in total. The highest BCUT2D eigenvalue weighted by molar-refractivity contribution is 6.46. The van der Waals surface area contributed by atoms with Crippen LogP contribution in [0.5, 0.6) is 0 Å². The molecule has 1 amide bonds. The van der Waals surface area contributed by atoms with Crippen LogP contribution in [0, 0.1) is 11.3 Å². The van der Waals surface area contributed by atoms with Gasteiger partial charge in [-0.05, 0) is 73.8 Å². The van der Waals surface area contributed by atoms with E-state index in [-0.39, 0.29) is 22.6 Å². The number of amides is 1. The average Bonchev–Trinajstić information content (AvgIpc) is 3.09. The van der Waals surface area contributed by atoms with Crippen LogP contribution in [-0.4, -0.2) is 33.3 Å². The van der Waals surface area contributed by atoms with Crippen molar-refractivity contribution in [2.24, 2.45) is 16.3 Å². The number of carbonyl (C=O) groups is 2. The number of aromatic carboxylic acids is 1. The molecule has 1 aliphatic heterocycles. The molecule has 1 fully saturated rings. The Balaban J connectivity index is 1.71. The summed E-state index contributed by atoms with van der Waals surface area (Å²) in [5.41, 5.74) is 0.0136. The van der Waals surface area contributed by atoms with Crippen LogP contribution in [0.3, 0.4) is 0 Å². The number of hydrogen-bond acceptors (Lipinski definition) is 3. The van der Waals surface area contributed by atoms with Crippen molar-refractivity contribution in [3.8, 4) is 0 Å². The maximum absolute atomic E-state index is 13.8. The van der Waals surface area contributed by atoms with Crippen molar-refractivity contribution in [1.82, 2.24) is 4.90 Å². The summed E-state index contributed by atoms with van der Waals surface area (Å²) < 4.78 is 39.3. The molecule has 0 radical (unpaired) electrons. The van der Waals surface area contributed by atoms with Gasteiger partial charge in [-0.3, -0.25) is 9.79 Å². The first-order valence-electron chi connectivity index (χ1n) is 12.2. The molecule has 1 spiro atoms. The number of carbonyl (C=O) groups excluding carboxylic acids is 1. The van der Waals surface area contributed by atoms with E-state index in [1.165, 1.54) is 24.3 Å². The van der Waals surface area contributed by atoms with Gasteiger partial charge >= 0.3 is 12.1 Å². The Hall–Kier alpha value is -3.16. The molecule has 36 heavy (non-hydrogen) atoms. The van der Waals surface area contributed by atoms with E-state index in [1.54, 1.807) is 17.0 Å². The molecule has 2 aliphatic rings. The Morgan fingerprint density at radius 3 is 2.06 bits per heavy atom. The van der Waals surface area contributed by atoms with Gasteiger partial charge in [0, 0.05) is 5.56 Å². The fourth-order valence-electron chi connectivity index (χ4n) is 5.51. The van der Waals surface area contributed by atoms with Crippen LogP contribution in [0.25, 0.3) is 0 Å². The molecule has 1 aliphatic carbocycles. The lowest BCUT2D eigenvalue weighted by Crippen LogP contribution is -2.50. The molecular weight excluding hydrogens is 469 g/mol. The molecule has 2 aromatic carbocycles. The summed E-state index contributed by atoms with van der Waals surface area (Å²) in [7, 11) is 0. The highest BCUT2D eigenvalue weighted by atomic mass is 19.4. The number of rotatable bonds is 4. The molecule has 0 aromatic heterocycles. The molecule has 0 saturated heterocycles. The summed E-state index contributed by atoms with van der Waals surface area (Å²) in [5.74, 6) is -0.884. The highest BCUT2D eigenvalue weighted by Gasteiger charge is 2.52. The van der Waals surface area contributed by atoms with Crippen LogP contribution in [0.1, 0.15) is 86.5 Å². The van der Waals surface area contributed by atoms with Crippen LogP contribution >= 0.6 is 0 Å². The van der Waals surface area contributed by atoms with E-state index in [1.807, 2.05) is 6.92 Å². The molecule has 2 aromatic rings. The van der Waals surface area contributed by atoms with Crippen molar-refractivity contribution in [2.75, 3.05) is 0 Å². The molecular formula is C28H31F3N2O3. The number of benzene rings is 2. The number of alkyl halides is 3. The summed E-state index contributed by atoms with van der Waals surface area (Å²) in [4.78, 5) is 31.8. The van der Waals surface area contributed by atoms with E-state index in [9.17, 15) is 27.9 Å². The number of nitrogens with zero attached hydrogens (tertiary/aromatic N) is 2. The molecule has 1 unspecified atom stereocenters. The van der Waals surface area contributed by atoms with Gasteiger partial charge in [-0.25, -0.2) is 4.79 Å². The standard InChI is InChI=1S/C28H31F3N2O3/c1-17(18-5-7-20(8-6-18)25(35)36)33-24(34)23(19-9-11-22(12-10-19)28(29,30)31)32-27(33)15-13-21(14-16-27)26(2,3)4/h5-12,17,21H,13-16H2,1-4H3,(H,35,36). The number of carboxylic acids is 1. The van der Waals surface area contributed by atoms with Crippen LogP contribution < -0.4 is 0 Å². The van der Waals surface area contributed by atoms with Crippen molar-refractivity contribution in [2.45, 2.75) is 71.3 Å². The molecule has 5 nitrogen and oxygen atoms in total. The summed E-state index contributed by atoms with van der Waals surface area (Å²) in [5, 5.41) is 9.23. The molecule has 192 valence electrons. The van der Waals surface area contributed by atoms with E-state index >= 15 is 0 Å². The third-order valence-electron chi connectivity index (χ3n) is 7.71. The Bertz CT molecular complexity index is 1170. The topological polar surface area (TPSA) is 70.0 Å². The number of hydrogen-bond donors (Lipinski definition) is 1. The van der Waals surface area contributed by atoms with Crippen molar-refractivity contribution in [3.63, 3.8) is 0 Å². The van der Waals surface area contributed by atoms with E-state index in [4.69, 9.17) is 4.99 Å². The van der Waals surface area contributed by atoms with E-state index < -0.39 is 29.4 Å². The minimum absolute atomic E-state index is 0.118. The van der Waals surface area contributed by atoms with Gasteiger partial charge in [0.2, 0.25) is 0 Å². The minimum atomic E-state index is -4.46. The molecule has 0 bridgehead atoms. The van der Waals surface area contributed by atoms with Crippen molar-refractivity contribution in [3.05, 3.63) is 70.8 Å². The minimum Gasteiger partial charge on any atom is -0.478 e. The summed E-state index contributed by atoms with van der Waals surface area (Å²) in [6.07, 6.45) is -1.40. The van der Waals surface area contributed by atoms with Crippen molar-refractivity contribution < 1.29 is 27.9 Å². The van der Waals surface area contributed by atoms with Gasteiger partial charge in [-0.2, -0.15) is 13.2 Å². The monoisotopic (exact) mass is 500 g/mol. The first-order chi connectivity index (χ1) is 16.7. The van der Waals surface area contributed by atoms with Crippen LogP contribution in [0.4, 0.5) is 13.2 Å². The van der Waals surface area contributed by atoms with Gasteiger partial charge < -0.3 is 10.0 Å². The van der Waals surface area contributed by atoms with Gasteiger partial charge in [0.1, 0.15) is 11.4 Å². The molecule has 8 heteroatoms. The Morgan fingerprint density at radius 1 is 1.03 bits per heavy atom. The van der Waals surface area contributed by atoms with Crippen molar-refractivity contribution >= 4 is 17.6 Å². The maximum Gasteiger partial charge on any atom is 0.416 e. The summed E-state index contributed by atoms with van der Waals surface area (Å²) in [6, 6.07) is 10.6. The van der Waals surface area contributed by atoms with Crippen LogP contribution in [-0.2, 0) is 11.0 Å². The lowest BCUT2D eigenvalue weighted by Gasteiger charge is -2.46. The first-order valence-corrected chi connectivity index (χ1v) is 12.2. The zero-order valence-corrected chi connectivity index (χ0v) is 20.9. The highest BCUT2D eigenvalue weighted by Crippen LogP contribution is 2.49. The number of halogens is 3. The normalized spacial score (nSPS) is 23.6. The number of carboxylic acid groups (broad SMARTS) is 1. The Labute approximate surface area is 209 Å². The fourth-order valence-corrected chi connectivity index (χ4v) is 5.51. The molecule has 1 atom stereocenters. The quantitative estimate of drug-likeness (QED) is 0.506. The third kappa shape index (κ3) is 4.77. The van der Waals surface area contributed by atoms with Gasteiger partial charge in [0.25, 0.3) is 5.91 Å². The Morgan fingerprint density at radius 2 is 1.58 bits per heavy atom. The zero-order chi connectivity index (χ0) is 26.5. The van der Waals surface area contributed by atoms with Gasteiger partial charge in [0.05, 0.1) is 17.2 Å². The summed E-state index contributed by atoms with van der Waals surface area (Å²) >= 11 is 0. The second-order valence-electron chi connectivity index (χ2n) is 10.9. The molecule has 4 rings (SSSR count). The van der Waals surface area contributed by atoms with E-state index in [2.05, 4.69) is 20.8 Å². The summed E-state index contributed by atoms with van der Waals surface area (Å²) in [6.45, 7) is 8.50. The lowest BCUT2D eigenvalue weighted by atomic mass is 9.69. The second kappa shape index (κ2) is 9.05. The molecule has 1 heterocycles. The zero-order valence-electron chi connectivity index (χ0n) is 20.9.